The summed E-state index contributed by atoms with van der Waals surface area (Å²) in [6, 6.07) is 18.9. The Balaban J connectivity index is 1.69. The van der Waals surface area contributed by atoms with Crippen LogP contribution in [0.25, 0.3) is 33.5 Å². The van der Waals surface area contributed by atoms with Crippen LogP contribution in [0.3, 0.4) is 0 Å². The number of primary amides is 1. The van der Waals surface area contributed by atoms with Gasteiger partial charge in [-0.3, -0.25) is 9.59 Å². The number of methoxy groups -OCH3 is 1. The molecule has 2 heterocycles. The number of furan rings is 1. The number of amides is 1. The van der Waals surface area contributed by atoms with E-state index in [4.69, 9.17) is 31.2 Å². The van der Waals surface area contributed by atoms with Crippen LogP contribution in [0.5, 0.6) is 11.5 Å². The van der Waals surface area contributed by atoms with Crippen molar-refractivity contribution < 1.29 is 18.7 Å². The van der Waals surface area contributed by atoms with Crippen LogP contribution in [-0.2, 0) is 4.79 Å². The van der Waals surface area contributed by atoms with Gasteiger partial charge >= 0.3 is 0 Å². The largest absolute Gasteiger partial charge is 0.496 e. The molecule has 5 rings (SSSR count). The van der Waals surface area contributed by atoms with Crippen molar-refractivity contribution in [3.05, 3.63) is 87.7 Å². The van der Waals surface area contributed by atoms with Crippen molar-refractivity contribution in [2.45, 2.75) is 0 Å². The number of hydrogen-bond acceptors (Lipinski definition) is 7. The van der Waals surface area contributed by atoms with E-state index in [1.54, 1.807) is 67.8 Å². The quantitative estimate of drug-likeness (QED) is 0.332. The van der Waals surface area contributed by atoms with Crippen LogP contribution in [0.4, 0.5) is 0 Å². The number of halogens is 1. The number of aromatic nitrogens is 2. The Hall–Kier alpha value is -4.63. The fourth-order valence-corrected chi connectivity index (χ4v) is 3.91. The molecule has 2 aromatic heterocycles. The SMILES string of the molecule is COc1cccc2oc(-c3nc4ccccc4c(=O)n3N=Cc3cc(Cl)ccc3OCC(N)=O)cc12. The second-order valence-electron chi connectivity index (χ2n) is 7.73. The fraction of sp³-hybridized carbons (Fsp3) is 0.0769. The van der Waals surface area contributed by atoms with Gasteiger partial charge < -0.3 is 19.6 Å². The van der Waals surface area contributed by atoms with Gasteiger partial charge in [0.15, 0.2) is 12.4 Å². The Morgan fingerprint density at radius 1 is 1.11 bits per heavy atom. The molecule has 9 nitrogen and oxygen atoms in total. The lowest BCUT2D eigenvalue weighted by Crippen LogP contribution is -2.21. The smallest absolute Gasteiger partial charge is 0.282 e. The molecule has 3 aromatic carbocycles. The summed E-state index contributed by atoms with van der Waals surface area (Å²) in [5.41, 5.74) is 6.29. The van der Waals surface area contributed by atoms with E-state index < -0.39 is 11.5 Å². The van der Waals surface area contributed by atoms with Crippen molar-refractivity contribution in [2.24, 2.45) is 10.8 Å². The lowest BCUT2D eigenvalue weighted by atomic mass is 10.2. The molecule has 0 spiro atoms. The molecule has 1 amide bonds. The first-order valence-electron chi connectivity index (χ1n) is 10.8. The minimum Gasteiger partial charge on any atom is -0.496 e. The van der Waals surface area contributed by atoms with Crippen molar-refractivity contribution in [1.82, 2.24) is 9.66 Å². The van der Waals surface area contributed by atoms with Crippen LogP contribution in [0.15, 0.2) is 81.0 Å². The van der Waals surface area contributed by atoms with E-state index >= 15 is 0 Å². The summed E-state index contributed by atoms with van der Waals surface area (Å²) in [4.78, 5) is 29.3. The minimum absolute atomic E-state index is 0.190. The topological polar surface area (TPSA) is 122 Å². The summed E-state index contributed by atoms with van der Waals surface area (Å²) in [7, 11) is 1.57. The number of nitrogens with zero attached hydrogens (tertiary/aromatic N) is 3. The van der Waals surface area contributed by atoms with E-state index in [1.807, 2.05) is 6.07 Å². The molecule has 0 saturated heterocycles. The van der Waals surface area contributed by atoms with Crippen LogP contribution in [0, 0.1) is 0 Å². The van der Waals surface area contributed by atoms with Crippen molar-refractivity contribution in [1.29, 1.82) is 0 Å². The molecular weight excluding hydrogens is 484 g/mol. The highest BCUT2D eigenvalue weighted by Crippen LogP contribution is 2.33. The summed E-state index contributed by atoms with van der Waals surface area (Å²) in [5, 5.41) is 5.93. The maximum Gasteiger partial charge on any atom is 0.282 e. The van der Waals surface area contributed by atoms with Crippen LogP contribution in [-0.4, -0.2) is 35.5 Å². The standard InChI is InChI=1S/C26H19ClN4O5/c1-34-21-7-4-8-22-18(21)12-23(36-22)25-30-19-6-3-2-5-17(19)26(33)31(25)29-13-15-11-16(27)9-10-20(15)35-14-24(28)32/h2-13H,14H2,1H3,(H2,28,32). The first kappa shape index (κ1) is 23.1. The van der Waals surface area contributed by atoms with E-state index in [2.05, 4.69) is 10.1 Å². The van der Waals surface area contributed by atoms with Crippen LogP contribution in [0.1, 0.15) is 5.56 Å². The predicted octanol–water partition coefficient (Wildman–Crippen LogP) is 4.22. The molecule has 0 fully saturated rings. The van der Waals surface area contributed by atoms with Gasteiger partial charge in [0.05, 0.1) is 29.6 Å². The molecule has 36 heavy (non-hydrogen) atoms. The van der Waals surface area contributed by atoms with Crippen LogP contribution < -0.4 is 20.8 Å². The van der Waals surface area contributed by atoms with Gasteiger partial charge in [-0.2, -0.15) is 9.78 Å². The molecule has 0 saturated carbocycles. The van der Waals surface area contributed by atoms with Crippen molar-refractivity contribution >= 4 is 45.6 Å². The molecule has 0 atom stereocenters. The lowest BCUT2D eigenvalue weighted by molar-refractivity contribution is -0.119. The highest BCUT2D eigenvalue weighted by molar-refractivity contribution is 6.30. The Labute approximate surface area is 209 Å². The van der Waals surface area contributed by atoms with Gasteiger partial charge in [0, 0.05) is 10.6 Å². The molecule has 0 aliphatic heterocycles. The van der Waals surface area contributed by atoms with Gasteiger partial charge in [0.25, 0.3) is 11.5 Å². The van der Waals surface area contributed by atoms with E-state index in [-0.39, 0.29) is 12.4 Å². The third-order valence-electron chi connectivity index (χ3n) is 5.37. The Bertz CT molecular complexity index is 1710. The number of fused-ring (bicyclic) bond motifs is 2. The molecule has 180 valence electrons. The van der Waals surface area contributed by atoms with Gasteiger partial charge in [0.1, 0.15) is 17.1 Å². The van der Waals surface area contributed by atoms with E-state index in [0.717, 1.165) is 10.1 Å². The zero-order valence-electron chi connectivity index (χ0n) is 19.0. The molecular formula is C26H19ClN4O5. The van der Waals surface area contributed by atoms with Crippen molar-refractivity contribution in [3.8, 4) is 23.1 Å². The highest BCUT2D eigenvalue weighted by atomic mass is 35.5. The fourth-order valence-electron chi connectivity index (χ4n) is 3.73. The monoisotopic (exact) mass is 502 g/mol. The maximum atomic E-state index is 13.5. The normalized spacial score (nSPS) is 11.4. The zero-order valence-corrected chi connectivity index (χ0v) is 19.7. The summed E-state index contributed by atoms with van der Waals surface area (Å²) in [5.74, 6) is 0.820. The van der Waals surface area contributed by atoms with Gasteiger partial charge in [-0.15, -0.1) is 0 Å². The van der Waals surface area contributed by atoms with Crippen molar-refractivity contribution in [2.75, 3.05) is 13.7 Å². The van der Waals surface area contributed by atoms with E-state index in [0.29, 0.717) is 44.3 Å². The second-order valence-corrected chi connectivity index (χ2v) is 8.17. The average molecular weight is 503 g/mol. The summed E-state index contributed by atoms with van der Waals surface area (Å²) in [6.45, 7) is -0.327. The molecule has 5 aromatic rings. The first-order chi connectivity index (χ1) is 17.4. The molecule has 2 N–H and O–H groups in total. The lowest BCUT2D eigenvalue weighted by Gasteiger charge is -2.09. The highest BCUT2D eigenvalue weighted by Gasteiger charge is 2.18. The Kier molecular flexibility index (Phi) is 6.14. The first-order valence-corrected chi connectivity index (χ1v) is 11.2. The third kappa shape index (κ3) is 4.39. The number of ether oxygens (including phenoxy) is 2. The number of carbonyl (C=O) groups excluding carboxylic acids is 1. The molecule has 10 heteroatoms. The number of para-hydroxylation sites is 1. The second kappa shape index (κ2) is 9.55. The van der Waals surface area contributed by atoms with E-state index in [1.165, 1.54) is 6.21 Å². The number of carbonyl (C=O) groups is 1. The van der Waals surface area contributed by atoms with Gasteiger partial charge in [-0.25, -0.2) is 4.98 Å². The Morgan fingerprint density at radius 3 is 2.75 bits per heavy atom. The molecule has 0 unspecified atom stereocenters. The van der Waals surface area contributed by atoms with Crippen molar-refractivity contribution in [3.63, 3.8) is 0 Å². The summed E-state index contributed by atoms with van der Waals surface area (Å²) >= 11 is 6.15. The summed E-state index contributed by atoms with van der Waals surface area (Å²) < 4.78 is 18.1. The van der Waals surface area contributed by atoms with Gasteiger partial charge in [-0.1, -0.05) is 29.8 Å². The summed E-state index contributed by atoms with van der Waals surface area (Å²) in [6.07, 6.45) is 1.40. The zero-order chi connectivity index (χ0) is 25.2. The molecule has 0 bridgehead atoms. The predicted molar refractivity (Wildman–Crippen MR) is 137 cm³/mol. The molecule has 0 aliphatic carbocycles. The molecule has 0 aliphatic rings. The van der Waals surface area contributed by atoms with Crippen LogP contribution >= 0.6 is 11.6 Å². The number of rotatable bonds is 7. The minimum atomic E-state index is -0.634. The van der Waals surface area contributed by atoms with Crippen LogP contribution in [0.2, 0.25) is 5.02 Å². The molecule has 0 radical (unpaired) electrons. The average Bonchev–Trinajstić information content (AvgIpc) is 3.32. The maximum absolute atomic E-state index is 13.5. The number of hydrogen-bond donors (Lipinski definition) is 1. The third-order valence-corrected chi connectivity index (χ3v) is 5.60. The van der Waals surface area contributed by atoms with E-state index in [9.17, 15) is 9.59 Å². The Morgan fingerprint density at radius 2 is 1.94 bits per heavy atom. The number of nitrogens with two attached hydrogens (primary N) is 1. The number of benzene rings is 3. The van der Waals surface area contributed by atoms with Gasteiger partial charge in [0.2, 0.25) is 5.82 Å². The van der Waals surface area contributed by atoms with Gasteiger partial charge in [-0.05, 0) is 48.5 Å².